The molecule has 2 atom stereocenters. The van der Waals surface area contributed by atoms with Gasteiger partial charge in [-0.15, -0.1) is 0 Å². The molecule has 2 rings (SSSR count). The summed E-state index contributed by atoms with van der Waals surface area (Å²) in [6, 6.07) is 0.234. The first-order valence-corrected chi connectivity index (χ1v) is 8.34. The van der Waals surface area contributed by atoms with Gasteiger partial charge in [0.1, 0.15) is 6.20 Å². The second kappa shape index (κ2) is 7.44. The zero-order valence-electron chi connectivity index (χ0n) is 12.3. The Balaban J connectivity index is 2.19. The molecule has 1 aromatic heterocycles. The van der Waals surface area contributed by atoms with Crippen LogP contribution in [0.5, 0.6) is 0 Å². The summed E-state index contributed by atoms with van der Waals surface area (Å²) in [5.41, 5.74) is -0.0659. The van der Waals surface area contributed by atoms with Gasteiger partial charge in [-0.25, -0.2) is 4.98 Å². The minimum atomic E-state index is -0.436. The lowest BCUT2D eigenvalue weighted by atomic mass is 10.2. The lowest BCUT2D eigenvalue weighted by Gasteiger charge is -2.20. The van der Waals surface area contributed by atoms with Crippen molar-refractivity contribution >= 4 is 29.2 Å². The Hall–Kier alpha value is -1.57. The first-order valence-electron chi connectivity index (χ1n) is 7.29. The summed E-state index contributed by atoms with van der Waals surface area (Å²) in [7, 11) is 0. The zero-order chi connectivity index (χ0) is 15.2. The number of anilines is 2. The summed E-state index contributed by atoms with van der Waals surface area (Å²) in [5.74, 6) is 1.79. The van der Waals surface area contributed by atoms with Crippen LogP contribution in [-0.2, 0) is 0 Å². The van der Waals surface area contributed by atoms with E-state index in [0.29, 0.717) is 23.6 Å². The lowest BCUT2D eigenvalue weighted by molar-refractivity contribution is -0.384. The molecule has 0 aliphatic heterocycles. The molecule has 1 aliphatic carbocycles. The molecular formula is C13H21N5O2S. The van der Waals surface area contributed by atoms with E-state index in [9.17, 15) is 10.1 Å². The quantitative estimate of drug-likeness (QED) is 0.590. The number of rotatable bonds is 7. The van der Waals surface area contributed by atoms with Crippen LogP contribution in [-0.4, -0.2) is 38.5 Å². The molecule has 8 heteroatoms. The Bertz CT molecular complexity index is 499. The summed E-state index contributed by atoms with van der Waals surface area (Å²) in [4.78, 5) is 18.9. The van der Waals surface area contributed by atoms with Crippen molar-refractivity contribution in [2.45, 2.75) is 44.4 Å². The SMILES string of the molecule is CCNc1ncc([N+](=O)[O-])c(NC2CCCC2SCC)n1. The molecule has 0 saturated heterocycles. The van der Waals surface area contributed by atoms with Crippen molar-refractivity contribution in [3.05, 3.63) is 16.3 Å². The van der Waals surface area contributed by atoms with Gasteiger partial charge in [0.15, 0.2) is 0 Å². The standard InChI is InChI=1S/C13H21N5O2S/c1-3-14-13-15-8-10(18(19)20)12(17-13)16-9-6-5-7-11(9)21-4-2/h8-9,11H,3-7H2,1-2H3,(H2,14,15,16,17). The van der Waals surface area contributed by atoms with Gasteiger partial charge in [0.05, 0.1) is 4.92 Å². The van der Waals surface area contributed by atoms with Gasteiger partial charge in [-0.05, 0) is 25.5 Å². The maximum Gasteiger partial charge on any atom is 0.329 e. The predicted molar refractivity (Wildman–Crippen MR) is 86.0 cm³/mol. The number of nitrogens with zero attached hydrogens (tertiary/aromatic N) is 3. The molecule has 1 aromatic rings. The fraction of sp³-hybridized carbons (Fsp3) is 0.692. The number of nitro groups is 1. The van der Waals surface area contributed by atoms with Crippen molar-refractivity contribution in [2.24, 2.45) is 0 Å². The summed E-state index contributed by atoms with van der Waals surface area (Å²) in [6.45, 7) is 4.74. The Labute approximate surface area is 128 Å². The maximum atomic E-state index is 11.1. The Morgan fingerprint density at radius 2 is 2.29 bits per heavy atom. The molecule has 21 heavy (non-hydrogen) atoms. The van der Waals surface area contributed by atoms with Crippen molar-refractivity contribution in [3.8, 4) is 0 Å². The highest BCUT2D eigenvalue weighted by Crippen LogP contribution is 2.33. The number of hydrogen-bond acceptors (Lipinski definition) is 7. The molecule has 0 aromatic carbocycles. The smallest absolute Gasteiger partial charge is 0.329 e. The van der Waals surface area contributed by atoms with E-state index in [0.717, 1.165) is 25.0 Å². The van der Waals surface area contributed by atoms with Crippen molar-refractivity contribution in [1.82, 2.24) is 9.97 Å². The minimum absolute atomic E-state index is 0.0659. The summed E-state index contributed by atoms with van der Waals surface area (Å²) in [6.07, 6.45) is 4.59. The van der Waals surface area contributed by atoms with E-state index >= 15 is 0 Å². The van der Waals surface area contributed by atoms with E-state index in [1.165, 1.54) is 6.20 Å². The normalized spacial score (nSPS) is 21.2. The van der Waals surface area contributed by atoms with Gasteiger partial charge >= 0.3 is 5.69 Å². The third kappa shape index (κ3) is 3.96. The summed E-state index contributed by atoms with van der Waals surface area (Å²) in [5, 5.41) is 17.9. The van der Waals surface area contributed by atoms with E-state index in [1.54, 1.807) is 0 Å². The highest BCUT2D eigenvalue weighted by Gasteiger charge is 2.29. The van der Waals surface area contributed by atoms with Gasteiger partial charge in [-0.3, -0.25) is 10.1 Å². The molecule has 1 heterocycles. The first kappa shape index (κ1) is 15.8. The van der Waals surface area contributed by atoms with E-state index in [4.69, 9.17) is 0 Å². The number of aromatic nitrogens is 2. The third-order valence-electron chi connectivity index (χ3n) is 3.46. The monoisotopic (exact) mass is 311 g/mol. The van der Waals surface area contributed by atoms with Gasteiger partial charge in [0, 0.05) is 17.8 Å². The van der Waals surface area contributed by atoms with E-state index < -0.39 is 4.92 Å². The van der Waals surface area contributed by atoms with Gasteiger partial charge in [-0.1, -0.05) is 13.3 Å². The van der Waals surface area contributed by atoms with Crippen molar-refractivity contribution in [1.29, 1.82) is 0 Å². The van der Waals surface area contributed by atoms with Crippen LogP contribution in [0.2, 0.25) is 0 Å². The van der Waals surface area contributed by atoms with Crippen molar-refractivity contribution in [3.63, 3.8) is 0 Å². The molecule has 0 amide bonds. The number of hydrogen-bond donors (Lipinski definition) is 2. The zero-order valence-corrected chi connectivity index (χ0v) is 13.2. The molecule has 1 saturated carbocycles. The van der Waals surface area contributed by atoms with Gasteiger partial charge in [0.25, 0.3) is 0 Å². The van der Waals surface area contributed by atoms with Crippen LogP contribution in [0.25, 0.3) is 0 Å². The van der Waals surface area contributed by atoms with Crippen LogP contribution in [0.3, 0.4) is 0 Å². The number of thioether (sulfide) groups is 1. The predicted octanol–water partition coefficient (Wildman–Crippen LogP) is 2.90. The fourth-order valence-electron chi connectivity index (χ4n) is 2.54. The number of nitrogens with one attached hydrogen (secondary N) is 2. The van der Waals surface area contributed by atoms with Crippen LogP contribution >= 0.6 is 11.8 Å². The largest absolute Gasteiger partial charge is 0.360 e. The molecule has 1 fully saturated rings. The topological polar surface area (TPSA) is 93.0 Å². The van der Waals surface area contributed by atoms with Crippen molar-refractivity contribution < 1.29 is 4.92 Å². The molecule has 0 spiro atoms. The van der Waals surface area contributed by atoms with Crippen LogP contribution in [0, 0.1) is 10.1 Å². The van der Waals surface area contributed by atoms with Crippen LogP contribution in [0.4, 0.5) is 17.5 Å². The lowest BCUT2D eigenvalue weighted by Crippen LogP contribution is -2.27. The third-order valence-corrected chi connectivity index (χ3v) is 4.78. The molecule has 7 nitrogen and oxygen atoms in total. The minimum Gasteiger partial charge on any atom is -0.360 e. The van der Waals surface area contributed by atoms with Crippen LogP contribution in [0.1, 0.15) is 33.1 Å². The highest BCUT2D eigenvalue weighted by molar-refractivity contribution is 7.99. The Morgan fingerprint density at radius 3 is 2.95 bits per heavy atom. The average Bonchev–Trinajstić information content (AvgIpc) is 2.87. The fourth-order valence-corrected chi connectivity index (χ4v) is 3.74. The summed E-state index contributed by atoms with van der Waals surface area (Å²) >= 11 is 1.90. The molecule has 2 N–H and O–H groups in total. The van der Waals surface area contributed by atoms with E-state index in [2.05, 4.69) is 27.5 Å². The molecule has 1 aliphatic rings. The second-order valence-electron chi connectivity index (χ2n) is 4.89. The maximum absolute atomic E-state index is 11.1. The van der Waals surface area contributed by atoms with Gasteiger partial charge < -0.3 is 10.6 Å². The van der Waals surface area contributed by atoms with Gasteiger partial charge in [-0.2, -0.15) is 16.7 Å². The van der Waals surface area contributed by atoms with E-state index in [-0.39, 0.29) is 11.7 Å². The van der Waals surface area contributed by atoms with Gasteiger partial charge in [0.2, 0.25) is 11.8 Å². The second-order valence-corrected chi connectivity index (χ2v) is 6.41. The molecule has 116 valence electrons. The Morgan fingerprint density at radius 1 is 1.48 bits per heavy atom. The Kier molecular flexibility index (Phi) is 5.60. The molecular weight excluding hydrogens is 290 g/mol. The molecule has 0 radical (unpaired) electrons. The molecule has 2 unspecified atom stereocenters. The molecule has 0 bridgehead atoms. The first-order chi connectivity index (χ1) is 10.2. The summed E-state index contributed by atoms with van der Waals surface area (Å²) < 4.78 is 0. The van der Waals surface area contributed by atoms with Crippen LogP contribution < -0.4 is 10.6 Å². The van der Waals surface area contributed by atoms with Crippen LogP contribution in [0.15, 0.2) is 6.20 Å². The van der Waals surface area contributed by atoms with E-state index in [1.807, 2.05) is 18.7 Å². The van der Waals surface area contributed by atoms with Crippen molar-refractivity contribution in [2.75, 3.05) is 22.9 Å². The average molecular weight is 311 g/mol. The highest BCUT2D eigenvalue weighted by atomic mass is 32.2.